The number of amides is 1. The monoisotopic (exact) mass is 409 g/mol. The Hall–Kier alpha value is -3.06. The van der Waals surface area contributed by atoms with Gasteiger partial charge in [-0.15, -0.1) is 0 Å². The van der Waals surface area contributed by atoms with E-state index in [0.29, 0.717) is 23.2 Å². The van der Waals surface area contributed by atoms with Crippen molar-refractivity contribution in [3.63, 3.8) is 0 Å². The number of pyridine rings is 1. The van der Waals surface area contributed by atoms with Crippen LogP contribution in [0.2, 0.25) is 5.02 Å². The number of aromatic nitrogens is 3. The highest BCUT2D eigenvalue weighted by Gasteiger charge is 2.36. The van der Waals surface area contributed by atoms with Crippen LogP contribution in [-0.2, 0) is 11.3 Å². The molecule has 0 radical (unpaired) electrons. The number of ether oxygens (including phenoxy) is 1. The predicted molar refractivity (Wildman–Crippen MR) is 111 cm³/mol. The zero-order chi connectivity index (χ0) is 20.0. The van der Waals surface area contributed by atoms with Gasteiger partial charge in [-0.3, -0.25) is 4.79 Å². The molecule has 2 aliphatic rings. The maximum atomic E-state index is 12.8. The fraction of sp³-hybridized carbons (Fsp3) is 0.286. The minimum Gasteiger partial charge on any atom is -0.495 e. The molecule has 7 nitrogen and oxygen atoms in total. The summed E-state index contributed by atoms with van der Waals surface area (Å²) in [5, 5.41) is 5.85. The Kier molecular flexibility index (Phi) is 4.39. The third kappa shape index (κ3) is 3.21. The molecule has 1 unspecified atom stereocenters. The molecule has 0 saturated carbocycles. The van der Waals surface area contributed by atoms with E-state index in [-0.39, 0.29) is 12.5 Å². The molecule has 148 valence electrons. The molecule has 1 aromatic carbocycles. The summed E-state index contributed by atoms with van der Waals surface area (Å²) in [6.45, 7) is 2.42. The van der Waals surface area contributed by atoms with Crippen molar-refractivity contribution in [1.29, 1.82) is 0 Å². The molecule has 0 aliphatic carbocycles. The number of nitrogens with zero attached hydrogens (tertiary/aromatic N) is 5. The average molecular weight is 410 g/mol. The Morgan fingerprint density at radius 1 is 1.31 bits per heavy atom. The first-order valence-electron chi connectivity index (χ1n) is 9.47. The summed E-state index contributed by atoms with van der Waals surface area (Å²) < 4.78 is 7.00. The van der Waals surface area contributed by atoms with Crippen molar-refractivity contribution < 1.29 is 9.53 Å². The zero-order valence-electron chi connectivity index (χ0n) is 16.0. The molecule has 5 rings (SSSR count). The Labute approximate surface area is 173 Å². The Morgan fingerprint density at radius 2 is 2.21 bits per heavy atom. The summed E-state index contributed by atoms with van der Waals surface area (Å²) in [7, 11) is 1.62. The van der Waals surface area contributed by atoms with Crippen LogP contribution in [0, 0.1) is 5.92 Å². The standard InChI is InChI=1S/C21H20ClN5O2/c1-29-19-7-17(4-5-18(19)22)25-9-15-11-26(12-16(15)10-25)20(28)13-27-21-14(8-24-27)3-2-6-23-21/h2-9,16H,10-13H2,1H3. The SMILES string of the molecule is COc1cc(N2C=C3CN(C(=O)Cn4ncc5cccnc54)CC3C2)ccc1Cl. The van der Waals surface area contributed by atoms with E-state index in [0.717, 1.165) is 29.8 Å². The average Bonchev–Trinajstić information content (AvgIpc) is 3.42. The third-order valence-corrected chi connectivity index (χ3v) is 5.89. The summed E-state index contributed by atoms with van der Waals surface area (Å²) >= 11 is 6.13. The van der Waals surface area contributed by atoms with E-state index in [1.54, 1.807) is 24.2 Å². The fourth-order valence-electron chi connectivity index (χ4n) is 4.06. The lowest BCUT2D eigenvalue weighted by Gasteiger charge is -2.21. The van der Waals surface area contributed by atoms with Gasteiger partial charge in [0, 0.05) is 55.1 Å². The summed E-state index contributed by atoms with van der Waals surface area (Å²) in [6.07, 6.45) is 5.61. The highest BCUT2D eigenvalue weighted by molar-refractivity contribution is 6.32. The van der Waals surface area contributed by atoms with Gasteiger partial charge in [0.2, 0.25) is 5.91 Å². The number of carbonyl (C=O) groups is 1. The van der Waals surface area contributed by atoms with Gasteiger partial charge in [-0.2, -0.15) is 5.10 Å². The van der Waals surface area contributed by atoms with Gasteiger partial charge in [-0.05, 0) is 29.8 Å². The van der Waals surface area contributed by atoms with Crippen LogP contribution >= 0.6 is 11.6 Å². The van der Waals surface area contributed by atoms with Crippen LogP contribution in [0.25, 0.3) is 11.0 Å². The molecule has 4 heterocycles. The topological polar surface area (TPSA) is 63.5 Å². The van der Waals surface area contributed by atoms with Gasteiger partial charge in [-0.25, -0.2) is 9.67 Å². The molecule has 0 spiro atoms. The molecule has 0 bridgehead atoms. The number of halogens is 1. The number of carbonyl (C=O) groups excluding carboxylic acids is 1. The third-order valence-electron chi connectivity index (χ3n) is 5.58. The largest absolute Gasteiger partial charge is 0.495 e. The molecule has 29 heavy (non-hydrogen) atoms. The van der Waals surface area contributed by atoms with E-state index in [2.05, 4.69) is 21.2 Å². The highest BCUT2D eigenvalue weighted by Crippen LogP contribution is 2.36. The minimum atomic E-state index is 0.0654. The summed E-state index contributed by atoms with van der Waals surface area (Å²) in [5.41, 5.74) is 3.05. The van der Waals surface area contributed by atoms with Gasteiger partial charge in [0.05, 0.1) is 18.3 Å². The quantitative estimate of drug-likeness (QED) is 0.663. The van der Waals surface area contributed by atoms with Crippen LogP contribution in [0.4, 0.5) is 5.69 Å². The maximum Gasteiger partial charge on any atom is 0.244 e. The van der Waals surface area contributed by atoms with E-state index in [9.17, 15) is 4.79 Å². The van der Waals surface area contributed by atoms with Crippen LogP contribution < -0.4 is 9.64 Å². The van der Waals surface area contributed by atoms with Crippen molar-refractivity contribution >= 4 is 34.2 Å². The van der Waals surface area contributed by atoms with Crippen molar-refractivity contribution in [1.82, 2.24) is 19.7 Å². The molecule has 1 fully saturated rings. The molecule has 1 saturated heterocycles. The maximum absolute atomic E-state index is 12.8. The second-order valence-corrected chi connectivity index (χ2v) is 7.77. The number of anilines is 1. The lowest BCUT2D eigenvalue weighted by Crippen LogP contribution is -2.34. The van der Waals surface area contributed by atoms with Crippen molar-refractivity contribution in [3.8, 4) is 5.75 Å². The molecule has 3 aromatic rings. The second-order valence-electron chi connectivity index (χ2n) is 7.36. The van der Waals surface area contributed by atoms with Gasteiger partial charge >= 0.3 is 0 Å². The second kappa shape index (κ2) is 7.08. The Balaban J connectivity index is 1.28. The lowest BCUT2D eigenvalue weighted by molar-refractivity contribution is -0.130. The van der Waals surface area contributed by atoms with Crippen molar-refractivity contribution in [3.05, 3.63) is 59.5 Å². The summed E-state index contributed by atoms with van der Waals surface area (Å²) in [5.74, 6) is 1.07. The van der Waals surface area contributed by atoms with Gasteiger partial charge in [0.15, 0.2) is 5.65 Å². The Morgan fingerprint density at radius 3 is 3.03 bits per heavy atom. The van der Waals surface area contributed by atoms with Crippen LogP contribution in [-0.4, -0.2) is 52.3 Å². The summed E-state index contributed by atoms with van der Waals surface area (Å²) in [6, 6.07) is 9.59. The molecule has 2 aromatic heterocycles. The zero-order valence-corrected chi connectivity index (χ0v) is 16.7. The van der Waals surface area contributed by atoms with Crippen LogP contribution in [0.1, 0.15) is 0 Å². The van der Waals surface area contributed by atoms with Crippen LogP contribution in [0.3, 0.4) is 0 Å². The number of benzene rings is 1. The van der Waals surface area contributed by atoms with Crippen molar-refractivity contribution in [2.75, 3.05) is 31.6 Å². The van der Waals surface area contributed by atoms with Crippen molar-refractivity contribution in [2.24, 2.45) is 5.92 Å². The van der Waals surface area contributed by atoms with Gasteiger partial charge in [0.1, 0.15) is 12.3 Å². The number of rotatable bonds is 4. The number of likely N-dealkylation sites (tertiary alicyclic amines) is 1. The van der Waals surface area contributed by atoms with Crippen LogP contribution in [0.5, 0.6) is 5.75 Å². The summed E-state index contributed by atoms with van der Waals surface area (Å²) in [4.78, 5) is 21.3. The van der Waals surface area contributed by atoms with Crippen molar-refractivity contribution in [2.45, 2.75) is 6.54 Å². The molecule has 1 amide bonds. The number of methoxy groups -OCH3 is 1. The minimum absolute atomic E-state index is 0.0654. The smallest absolute Gasteiger partial charge is 0.244 e. The number of hydrogen-bond acceptors (Lipinski definition) is 5. The number of fused-ring (bicyclic) bond motifs is 2. The van der Waals surface area contributed by atoms with Crippen LogP contribution in [0.15, 0.2) is 54.5 Å². The first kappa shape index (κ1) is 18.0. The van der Waals surface area contributed by atoms with Gasteiger partial charge < -0.3 is 14.5 Å². The van der Waals surface area contributed by atoms with E-state index < -0.39 is 0 Å². The predicted octanol–water partition coefficient (Wildman–Crippen LogP) is 2.96. The highest BCUT2D eigenvalue weighted by atomic mass is 35.5. The van der Waals surface area contributed by atoms with Gasteiger partial charge in [-0.1, -0.05) is 11.6 Å². The number of hydrogen-bond donors (Lipinski definition) is 0. The molecular weight excluding hydrogens is 390 g/mol. The fourth-order valence-corrected chi connectivity index (χ4v) is 4.26. The molecule has 1 atom stereocenters. The molecule has 0 N–H and O–H groups in total. The molecular formula is C21H20ClN5O2. The first-order chi connectivity index (χ1) is 14.1. The normalized spacial score (nSPS) is 18.3. The van der Waals surface area contributed by atoms with E-state index in [1.165, 1.54) is 5.57 Å². The van der Waals surface area contributed by atoms with Gasteiger partial charge in [0.25, 0.3) is 0 Å². The molecule has 8 heteroatoms. The molecule has 2 aliphatic heterocycles. The Bertz CT molecular complexity index is 1130. The van der Waals surface area contributed by atoms with E-state index >= 15 is 0 Å². The van der Waals surface area contributed by atoms with E-state index in [4.69, 9.17) is 16.3 Å². The van der Waals surface area contributed by atoms with E-state index in [1.807, 2.05) is 35.2 Å². The first-order valence-corrected chi connectivity index (χ1v) is 9.85. The lowest BCUT2D eigenvalue weighted by atomic mass is 10.1.